The highest BCUT2D eigenvalue weighted by atomic mass is 19.4. The second-order valence-corrected chi connectivity index (χ2v) is 5.98. The van der Waals surface area contributed by atoms with Crippen molar-refractivity contribution in [2.75, 3.05) is 11.9 Å². The minimum atomic E-state index is -4.44. The molecule has 0 radical (unpaired) electrons. The van der Waals surface area contributed by atoms with Gasteiger partial charge in [-0.2, -0.15) is 13.2 Å². The average molecular weight is 298 g/mol. The van der Waals surface area contributed by atoms with Gasteiger partial charge in [0.1, 0.15) is 12.1 Å². The van der Waals surface area contributed by atoms with Crippen molar-refractivity contribution in [3.05, 3.63) is 36.5 Å². The Balaban J connectivity index is 2.10. The highest BCUT2D eigenvalue weighted by Gasteiger charge is 2.33. The molecular weight excluding hydrogens is 281 g/mol. The first kappa shape index (κ1) is 15.3. The molecule has 4 nitrogen and oxygen atoms in total. The predicted octanol–water partition coefficient (Wildman–Crippen LogP) is 3.74. The van der Waals surface area contributed by atoms with Crippen molar-refractivity contribution < 1.29 is 13.2 Å². The maximum absolute atomic E-state index is 12.5. The number of nitrogens with one attached hydrogen (secondary N) is 1. The van der Waals surface area contributed by atoms with Crippen molar-refractivity contribution in [2.24, 2.45) is 5.41 Å². The topological polar surface area (TPSA) is 42.7 Å². The van der Waals surface area contributed by atoms with Gasteiger partial charge in [-0.3, -0.25) is 4.57 Å². The van der Waals surface area contributed by atoms with E-state index >= 15 is 0 Å². The molecule has 0 amide bonds. The van der Waals surface area contributed by atoms with Crippen LogP contribution in [-0.4, -0.2) is 21.1 Å². The van der Waals surface area contributed by atoms with Gasteiger partial charge in [0.25, 0.3) is 0 Å². The molecule has 2 rings (SSSR count). The van der Waals surface area contributed by atoms with Gasteiger partial charge in [0.2, 0.25) is 0 Å². The van der Waals surface area contributed by atoms with Crippen LogP contribution in [0.2, 0.25) is 0 Å². The van der Waals surface area contributed by atoms with E-state index in [1.54, 1.807) is 18.3 Å². The quantitative estimate of drug-likeness (QED) is 0.938. The first-order valence-corrected chi connectivity index (χ1v) is 6.47. The lowest BCUT2D eigenvalue weighted by Gasteiger charge is -2.19. The minimum absolute atomic E-state index is 0.130. The van der Waals surface area contributed by atoms with Crippen LogP contribution in [0.25, 0.3) is 5.82 Å². The zero-order valence-electron chi connectivity index (χ0n) is 12.1. The van der Waals surface area contributed by atoms with Crippen LogP contribution in [0.15, 0.2) is 30.9 Å². The van der Waals surface area contributed by atoms with Gasteiger partial charge in [-0.25, -0.2) is 9.97 Å². The Kier molecular flexibility index (Phi) is 3.93. The molecule has 0 fully saturated rings. The van der Waals surface area contributed by atoms with Crippen molar-refractivity contribution in [3.8, 4) is 5.82 Å². The van der Waals surface area contributed by atoms with Gasteiger partial charge >= 0.3 is 6.18 Å². The van der Waals surface area contributed by atoms with Crippen LogP contribution in [-0.2, 0) is 6.18 Å². The highest BCUT2D eigenvalue weighted by Crippen LogP contribution is 2.27. The fourth-order valence-electron chi connectivity index (χ4n) is 1.61. The number of nitrogens with zero attached hydrogens (tertiary/aromatic N) is 3. The number of pyridine rings is 1. The van der Waals surface area contributed by atoms with Crippen LogP contribution < -0.4 is 5.32 Å². The van der Waals surface area contributed by atoms with Crippen LogP contribution in [0.1, 0.15) is 26.5 Å². The van der Waals surface area contributed by atoms with Crippen LogP contribution in [0.5, 0.6) is 0 Å². The van der Waals surface area contributed by atoms with Gasteiger partial charge in [0.15, 0.2) is 5.69 Å². The van der Waals surface area contributed by atoms with Crippen LogP contribution in [0.4, 0.5) is 18.9 Å². The largest absolute Gasteiger partial charge is 0.434 e. The molecule has 0 aromatic carbocycles. The van der Waals surface area contributed by atoms with Crippen molar-refractivity contribution in [2.45, 2.75) is 26.9 Å². The number of rotatable bonds is 3. The van der Waals surface area contributed by atoms with Gasteiger partial charge in [-0.1, -0.05) is 20.8 Å². The summed E-state index contributed by atoms with van der Waals surface area (Å²) in [6.45, 7) is 7.08. The molecule has 0 saturated heterocycles. The van der Waals surface area contributed by atoms with E-state index in [0.717, 1.165) is 24.8 Å². The van der Waals surface area contributed by atoms with E-state index in [4.69, 9.17) is 0 Å². The van der Waals surface area contributed by atoms with E-state index in [9.17, 15) is 13.2 Å². The molecule has 114 valence electrons. The Hall–Kier alpha value is -2.05. The van der Waals surface area contributed by atoms with E-state index < -0.39 is 11.9 Å². The lowest BCUT2D eigenvalue weighted by atomic mass is 9.97. The molecule has 7 heteroatoms. The molecule has 0 spiro atoms. The van der Waals surface area contributed by atoms with E-state index in [0.29, 0.717) is 5.82 Å². The fraction of sp³-hybridized carbons (Fsp3) is 0.429. The number of halogens is 3. The molecule has 2 aromatic rings. The van der Waals surface area contributed by atoms with E-state index in [2.05, 4.69) is 36.1 Å². The Morgan fingerprint density at radius 3 is 2.33 bits per heavy atom. The molecule has 2 aromatic heterocycles. The molecule has 0 unspecified atom stereocenters. The molecule has 0 atom stereocenters. The first-order chi connectivity index (χ1) is 9.65. The van der Waals surface area contributed by atoms with Crippen LogP contribution in [0.3, 0.4) is 0 Å². The number of aromatic nitrogens is 3. The monoisotopic (exact) mass is 298 g/mol. The number of anilines is 1. The Morgan fingerprint density at radius 1 is 1.14 bits per heavy atom. The Bertz CT molecular complexity index is 594. The van der Waals surface area contributed by atoms with E-state index in [1.807, 2.05) is 0 Å². The lowest BCUT2D eigenvalue weighted by Crippen LogP contribution is -2.19. The van der Waals surface area contributed by atoms with Crippen molar-refractivity contribution in [3.63, 3.8) is 0 Å². The standard InChI is InChI=1S/C14H17F3N4/c1-13(2,3)8-19-10-4-5-12(18-6-10)21-7-11(20-9-21)14(15,16)17/h4-7,9,19H,8H2,1-3H3. The third-order valence-electron chi connectivity index (χ3n) is 2.71. The number of alkyl halides is 3. The smallest absolute Gasteiger partial charge is 0.383 e. The molecule has 0 bridgehead atoms. The zero-order valence-corrected chi connectivity index (χ0v) is 12.1. The summed E-state index contributed by atoms with van der Waals surface area (Å²) in [4.78, 5) is 7.48. The summed E-state index contributed by atoms with van der Waals surface area (Å²) >= 11 is 0. The highest BCUT2D eigenvalue weighted by molar-refractivity contribution is 5.43. The number of hydrogen-bond acceptors (Lipinski definition) is 3. The van der Waals surface area contributed by atoms with Crippen LogP contribution >= 0.6 is 0 Å². The summed E-state index contributed by atoms with van der Waals surface area (Å²) in [7, 11) is 0. The molecule has 2 heterocycles. The summed E-state index contributed by atoms with van der Waals surface area (Å²) in [5.74, 6) is 0.388. The predicted molar refractivity (Wildman–Crippen MR) is 74.3 cm³/mol. The van der Waals surface area contributed by atoms with E-state index in [1.165, 1.54) is 4.57 Å². The van der Waals surface area contributed by atoms with Gasteiger partial charge in [-0.15, -0.1) is 0 Å². The summed E-state index contributed by atoms with van der Waals surface area (Å²) in [5.41, 5.74) is 0.0222. The third kappa shape index (κ3) is 4.21. The second kappa shape index (κ2) is 5.38. The molecule has 0 saturated carbocycles. The maximum Gasteiger partial charge on any atom is 0.434 e. The molecule has 0 aliphatic heterocycles. The van der Waals surface area contributed by atoms with Gasteiger partial charge < -0.3 is 5.32 Å². The van der Waals surface area contributed by atoms with Crippen LogP contribution in [0, 0.1) is 5.41 Å². The molecular formula is C14H17F3N4. The van der Waals surface area contributed by atoms with Gasteiger partial charge in [0.05, 0.1) is 11.9 Å². The van der Waals surface area contributed by atoms with Crippen molar-refractivity contribution >= 4 is 5.69 Å². The number of imidazole rings is 1. The summed E-state index contributed by atoms with van der Waals surface area (Å²) in [6, 6.07) is 3.42. The Labute approximate surface area is 121 Å². The normalized spacial score (nSPS) is 12.5. The van der Waals surface area contributed by atoms with Crippen molar-refractivity contribution in [1.29, 1.82) is 0 Å². The number of hydrogen-bond donors (Lipinski definition) is 1. The second-order valence-electron chi connectivity index (χ2n) is 5.98. The van der Waals surface area contributed by atoms with Gasteiger partial charge in [-0.05, 0) is 17.5 Å². The molecule has 0 aliphatic carbocycles. The molecule has 21 heavy (non-hydrogen) atoms. The van der Waals surface area contributed by atoms with E-state index in [-0.39, 0.29) is 5.41 Å². The average Bonchev–Trinajstić information content (AvgIpc) is 2.85. The Morgan fingerprint density at radius 2 is 1.86 bits per heavy atom. The zero-order chi connectivity index (χ0) is 15.7. The maximum atomic E-state index is 12.5. The first-order valence-electron chi connectivity index (χ1n) is 6.47. The summed E-state index contributed by atoms with van der Waals surface area (Å²) < 4.78 is 38.7. The third-order valence-corrected chi connectivity index (χ3v) is 2.71. The fourth-order valence-corrected chi connectivity index (χ4v) is 1.61. The summed E-state index contributed by atoms with van der Waals surface area (Å²) in [5, 5.41) is 3.23. The lowest BCUT2D eigenvalue weighted by molar-refractivity contribution is -0.140. The SMILES string of the molecule is CC(C)(C)CNc1ccc(-n2cnc(C(F)(F)F)c2)nc1. The van der Waals surface area contributed by atoms with Gasteiger partial charge in [0, 0.05) is 12.7 Å². The molecule has 1 N–H and O–H groups in total. The summed E-state index contributed by atoms with van der Waals surface area (Å²) in [6.07, 6.45) is -0.828. The van der Waals surface area contributed by atoms with Crippen molar-refractivity contribution in [1.82, 2.24) is 14.5 Å². The molecule has 0 aliphatic rings. The minimum Gasteiger partial charge on any atom is -0.383 e.